The van der Waals surface area contributed by atoms with Crippen molar-refractivity contribution in [2.24, 2.45) is 5.11 Å². The van der Waals surface area contributed by atoms with Crippen molar-refractivity contribution in [3.63, 3.8) is 0 Å². The van der Waals surface area contributed by atoms with Gasteiger partial charge in [0.25, 0.3) is 0 Å². The van der Waals surface area contributed by atoms with Gasteiger partial charge in [-0.2, -0.15) is 0 Å². The minimum absolute atomic E-state index is 0.144. The van der Waals surface area contributed by atoms with Crippen LogP contribution < -0.4 is 0 Å². The molecule has 1 N–H and O–H groups in total. The van der Waals surface area contributed by atoms with E-state index in [0.717, 1.165) is 6.42 Å². The minimum Gasteiger partial charge on any atom is -0.396 e. The number of alkyl halides is 1. The van der Waals surface area contributed by atoms with Gasteiger partial charge in [-0.15, -0.1) is 0 Å². The van der Waals surface area contributed by atoms with Gasteiger partial charge in [-0.25, -0.2) is 0 Å². The molecule has 1 aromatic carbocycles. The molecule has 4 nitrogen and oxygen atoms in total. The van der Waals surface area contributed by atoms with Gasteiger partial charge in [-0.1, -0.05) is 51.4 Å². The highest BCUT2D eigenvalue weighted by Crippen LogP contribution is 2.21. The molecule has 1 rings (SSSR count). The molecular weight excluding hydrogens is 270 g/mol. The Kier molecular flexibility index (Phi) is 5.32. The molecule has 16 heavy (non-hydrogen) atoms. The standard InChI is InChI=1S/C11H14BrN3O/c12-8-11(9-16,14-15-13)7-6-10-4-2-1-3-5-10/h1-5,16H,6-9H2/t11-/m1/s1. The molecule has 0 fully saturated rings. The smallest absolute Gasteiger partial charge is 0.0817 e. The van der Waals surface area contributed by atoms with E-state index in [-0.39, 0.29) is 6.61 Å². The summed E-state index contributed by atoms with van der Waals surface area (Å²) in [5.74, 6) is 0. The summed E-state index contributed by atoms with van der Waals surface area (Å²) in [7, 11) is 0. The lowest BCUT2D eigenvalue weighted by molar-refractivity contribution is 0.205. The molecule has 0 saturated carbocycles. The van der Waals surface area contributed by atoms with Crippen LogP contribution in [0, 0.1) is 0 Å². The summed E-state index contributed by atoms with van der Waals surface area (Å²) in [4.78, 5) is 2.80. The highest BCUT2D eigenvalue weighted by atomic mass is 79.9. The highest BCUT2D eigenvalue weighted by Gasteiger charge is 2.26. The van der Waals surface area contributed by atoms with Crippen LogP contribution in [0.3, 0.4) is 0 Å². The molecule has 0 aliphatic heterocycles. The van der Waals surface area contributed by atoms with Crippen LogP contribution in [0.1, 0.15) is 12.0 Å². The number of aryl methyl sites for hydroxylation is 1. The molecule has 0 aromatic heterocycles. The molecule has 5 heteroatoms. The minimum atomic E-state index is -0.732. The van der Waals surface area contributed by atoms with E-state index < -0.39 is 5.54 Å². The lowest BCUT2D eigenvalue weighted by Gasteiger charge is -2.23. The van der Waals surface area contributed by atoms with E-state index in [1.54, 1.807) is 0 Å². The van der Waals surface area contributed by atoms with Gasteiger partial charge < -0.3 is 5.11 Å². The maximum atomic E-state index is 9.29. The molecular formula is C11H14BrN3O. The van der Waals surface area contributed by atoms with Crippen molar-refractivity contribution in [3.8, 4) is 0 Å². The van der Waals surface area contributed by atoms with E-state index in [2.05, 4.69) is 26.0 Å². The summed E-state index contributed by atoms with van der Waals surface area (Å²) in [6.45, 7) is -0.144. The van der Waals surface area contributed by atoms with E-state index in [0.29, 0.717) is 11.8 Å². The third-order valence-corrected chi connectivity index (χ3v) is 3.57. The monoisotopic (exact) mass is 283 g/mol. The molecule has 0 aliphatic carbocycles. The Morgan fingerprint density at radius 3 is 2.56 bits per heavy atom. The Bertz CT molecular complexity index is 359. The first kappa shape index (κ1) is 13.0. The van der Waals surface area contributed by atoms with Gasteiger partial charge in [0, 0.05) is 10.2 Å². The van der Waals surface area contributed by atoms with Crippen LogP contribution in [0.15, 0.2) is 35.4 Å². The maximum absolute atomic E-state index is 9.29. The van der Waals surface area contributed by atoms with Gasteiger partial charge in [-0.05, 0) is 23.9 Å². The number of hydrogen-bond donors (Lipinski definition) is 1. The number of aliphatic hydroxyl groups is 1. The van der Waals surface area contributed by atoms with Crippen LogP contribution in [0.4, 0.5) is 0 Å². The summed E-state index contributed by atoms with van der Waals surface area (Å²) >= 11 is 3.28. The summed E-state index contributed by atoms with van der Waals surface area (Å²) in [6.07, 6.45) is 1.41. The fourth-order valence-electron chi connectivity index (χ4n) is 1.41. The summed E-state index contributed by atoms with van der Waals surface area (Å²) < 4.78 is 0. The quantitative estimate of drug-likeness (QED) is 0.371. The zero-order valence-corrected chi connectivity index (χ0v) is 10.5. The second-order valence-corrected chi connectivity index (χ2v) is 4.25. The Morgan fingerprint density at radius 1 is 1.38 bits per heavy atom. The van der Waals surface area contributed by atoms with Crippen molar-refractivity contribution in [1.82, 2.24) is 0 Å². The number of rotatable bonds is 6. The Balaban J connectivity index is 2.67. The van der Waals surface area contributed by atoms with Crippen molar-refractivity contribution in [3.05, 3.63) is 46.3 Å². The van der Waals surface area contributed by atoms with Crippen molar-refractivity contribution in [2.45, 2.75) is 18.4 Å². The third-order valence-electron chi connectivity index (χ3n) is 2.52. The number of halogens is 1. The topological polar surface area (TPSA) is 69.0 Å². The van der Waals surface area contributed by atoms with Crippen LogP contribution in [-0.4, -0.2) is 22.6 Å². The molecule has 0 bridgehead atoms. The van der Waals surface area contributed by atoms with Crippen molar-refractivity contribution >= 4 is 15.9 Å². The third kappa shape index (κ3) is 3.52. The van der Waals surface area contributed by atoms with Crippen LogP contribution in [0.5, 0.6) is 0 Å². The number of aliphatic hydroxyl groups excluding tert-OH is 1. The van der Waals surface area contributed by atoms with Crippen molar-refractivity contribution < 1.29 is 5.11 Å². The second kappa shape index (κ2) is 6.53. The number of azide groups is 1. The maximum Gasteiger partial charge on any atom is 0.0817 e. The predicted molar refractivity (Wildman–Crippen MR) is 67.5 cm³/mol. The molecule has 1 atom stereocenters. The lowest BCUT2D eigenvalue weighted by Crippen LogP contribution is -2.33. The number of nitrogens with zero attached hydrogens (tertiary/aromatic N) is 3. The molecule has 0 radical (unpaired) electrons. The van der Waals surface area contributed by atoms with Crippen LogP contribution in [0.25, 0.3) is 10.4 Å². The van der Waals surface area contributed by atoms with E-state index in [1.807, 2.05) is 30.3 Å². The summed E-state index contributed by atoms with van der Waals surface area (Å²) in [5, 5.41) is 13.4. The highest BCUT2D eigenvalue weighted by molar-refractivity contribution is 9.09. The van der Waals surface area contributed by atoms with Crippen LogP contribution in [0.2, 0.25) is 0 Å². The molecule has 0 saturated heterocycles. The first-order valence-corrected chi connectivity index (χ1v) is 6.15. The van der Waals surface area contributed by atoms with Gasteiger partial charge in [0.15, 0.2) is 0 Å². The van der Waals surface area contributed by atoms with E-state index in [4.69, 9.17) is 5.53 Å². The predicted octanol–water partition coefficient (Wildman–Crippen LogP) is 3.06. The lowest BCUT2D eigenvalue weighted by atomic mass is 9.95. The number of hydrogen-bond acceptors (Lipinski definition) is 2. The van der Waals surface area contributed by atoms with Gasteiger partial charge in [0.1, 0.15) is 0 Å². The van der Waals surface area contributed by atoms with Crippen molar-refractivity contribution in [2.75, 3.05) is 11.9 Å². The molecule has 0 spiro atoms. The molecule has 86 valence electrons. The first-order valence-electron chi connectivity index (χ1n) is 5.03. The molecule has 0 amide bonds. The zero-order chi connectivity index (χ0) is 11.9. The van der Waals surface area contributed by atoms with Crippen LogP contribution in [-0.2, 0) is 6.42 Å². The Morgan fingerprint density at radius 2 is 2.06 bits per heavy atom. The molecule has 0 aliphatic rings. The van der Waals surface area contributed by atoms with Gasteiger partial charge in [0.2, 0.25) is 0 Å². The summed E-state index contributed by atoms with van der Waals surface area (Å²) in [5.41, 5.74) is 8.93. The molecule has 0 unspecified atom stereocenters. The fraction of sp³-hybridized carbons (Fsp3) is 0.455. The average molecular weight is 284 g/mol. The zero-order valence-electron chi connectivity index (χ0n) is 8.88. The van der Waals surface area contributed by atoms with E-state index in [1.165, 1.54) is 5.56 Å². The molecule has 0 heterocycles. The largest absolute Gasteiger partial charge is 0.396 e. The Hall–Kier alpha value is -1.03. The van der Waals surface area contributed by atoms with Gasteiger partial charge >= 0.3 is 0 Å². The fourth-order valence-corrected chi connectivity index (χ4v) is 1.98. The van der Waals surface area contributed by atoms with E-state index >= 15 is 0 Å². The normalized spacial score (nSPS) is 13.9. The number of benzene rings is 1. The summed E-state index contributed by atoms with van der Waals surface area (Å²) in [6, 6.07) is 9.94. The second-order valence-electron chi connectivity index (χ2n) is 3.69. The SMILES string of the molecule is [N-]=[N+]=N[C@@](CO)(CBr)CCc1ccccc1. The van der Waals surface area contributed by atoms with E-state index in [9.17, 15) is 5.11 Å². The molecule has 1 aromatic rings. The first-order chi connectivity index (χ1) is 7.76. The van der Waals surface area contributed by atoms with Gasteiger partial charge in [0.05, 0.1) is 12.1 Å². The average Bonchev–Trinajstić information content (AvgIpc) is 2.36. The Labute approximate surface area is 103 Å². The van der Waals surface area contributed by atoms with Gasteiger partial charge in [-0.3, -0.25) is 0 Å². The van der Waals surface area contributed by atoms with Crippen molar-refractivity contribution in [1.29, 1.82) is 0 Å². The van der Waals surface area contributed by atoms with Crippen LogP contribution >= 0.6 is 15.9 Å².